The molecular formula is C22H21N3O6S. The van der Waals surface area contributed by atoms with E-state index in [1.54, 1.807) is 50.2 Å². The number of hydrogen-bond donors (Lipinski definition) is 3. The van der Waals surface area contributed by atoms with Crippen molar-refractivity contribution in [2.75, 3.05) is 10.6 Å². The molecular weight excluding hydrogens is 434 g/mol. The molecule has 4 rings (SSSR count). The second-order valence-electron chi connectivity index (χ2n) is 7.30. The Hall–Kier alpha value is -3.63. The number of furan rings is 1. The molecule has 0 unspecified atom stereocenters. The third-order valence-electron chi connectivity index (χ3n) is 4.95. The fourth-order valence-corrected chi connectivity index (χ4v) is 4.18. The van der Waals surface area contributed by atoms with Gasteiger partial charge in [-0.05, 0) is 61.9 Å². The molecule has 10 heteroatoms. The molecule has 166 valence electrons. The van der Waals surface area contributed by atoms with Crippen LogP contribution in [0.4, 0.5) is 11.4 Å². The molecule has 0 saturated carbocycles. The summed E-state index contributed by atoms with van der Waals surface area (Å²) in [6.45, 7) is 3.34. The second kappa shape index (κ2) is 8.48. The minimum atomic E-state index is -3.86. The van der Waals surface area contributed by atoms with Crippen molar-refractivity contribution in [2.24, 2.45) is 0 Å². The Labute approximate surface area is 184 Å². The number of rotatable bonds is 6. The number of fused-ring (bicyclic) bond motifs is 1. The minimum Gasteiger partial charge on any atom is -0.479 e. The first-order valence-corrected chi connectivity index (χ1v) is 11.3. The molecule has 32 heavy (non-hydrogen) atoms. The van der Waals surface area contributed by atoms with Gasteiger partial charge in [-0.2, -0.15) is 0 Å². The lowest BCUT2D eigenvalue weighted by Gasteiger charge is -2.23. The normalized spacial score (nSPS) is 15.4. The van der Waals surface area contributed by atoms with Crippen molar-refractivity contribution in [2.45, 2.75) is 31.4 Å². The number of aryl methyl sites for hydroxylation is 1. The van der Waals surface area contributed by atoms with Crippen LogP contribution in [0.3, 0.4) is 0 Å². The summed E-state index contributed by atoms with van der Waals surface area (Å²) < 4.78 is 38.4. The number of ether oxygens (including phenoxy) is 1. The molecule has 9 nitrogen and oxygen atoms in total. The van der Waals surface area contributed by atoms with Crippen molar-refractivity contribution in [3.8, 4) is 5.75 Å². The molecule has 0 saturated heterocycles. The van der Waals surface area contributed by atoms with E-state index < -0.39 is 22.0 Å². The van der Waals surface area contributed by atoms with Crippen LogP contribution < -0.4 is 20.1 Å². The highest BCUT2D eigenvalue weighted by Crippen LogP contribution is 2.32. The van der Waals surface area contributed by atoms with Gasteiger partial charge in [-0.3, -0.25) is 9.59 Å². The van der Waals surface area contributed by atoms with Crippen LogP contribution >= 0.6 is 0 Å². The number of carbonyl (C=O) groups excluding carboxylic acids is 2. The summed E-state index contributed by atoms with van der Waals surface area (Å²) in [5.41, 5.74) is 1.69. The van der Waals surface area contributed by atoms with Crippen LogP contribution in [0.5, 0.6) is 5.75 Å². The molecule has 3 aromatic rings. The van der Waals surface area contributed by atoms with E-state index in [-0.39, 0.29) is 22.9 Å². The Morgan fingerprint density at radius 3 is 2.72 bits per heavy atom. The number of nitrogens with one attached hydrogen (secondary N) is 3. The average molecular weight is 455 g/mol. The molecule has 0 aliphatic carbocycles. The third-order valence-corrected chi connectivity index (χ3v) is 6.35. The summed E-state index contributed by atoms with van der Waals surface area (Å²) in [6.07, 6.45) is 0.855. The van der Waals surface area contributed by atoms with Gasteiger partial charge in [0, 0.05) is 11.3 Å². The molecule has 0 radical (unpaired) electrons. The molecule has 0 spiro atoms. The lowest BCUT2D eigenvalue weighted by molar-refractivity contribution is -0.122. The van der Waals surface area contributed by atoms with E-state index >= 15 is 0 Å². The topological polar surface area (TPSA) is 127 Å². The van der Waals surface area contributed by atoms with E-state index in [0.29, 0.717) is 28.4 Å². The summed E-state index contributed by atoms with van der Waals surface area (Å²) in [4.78, 5) is 24.7. The largest absolute Gasteiger partial charge is 0.479 e. The molecule has 2 amide bonds. The lowest BCUT2D eigenvalue weighted by Crippen LogP contribution is -2.34. The maximum atomic E-state index is 12.9. The van der Waals surface area contributed by atoms with Crippen molar-refractivity contribution >= 4 is 33.2 Å². The Kier molecular flexibility index (Phi) is 5.72. The van der Waals surface area contributed by atoms with Gasteiger partial charge in [0.1, 0.15) is 11.5 Å². The van der Waals surface area contributed by atoms with Gasteiger partial charge in [0.2, 0.25) is 10.0 Å². The first-order valence-electron chi connectivity index (χ1n) is 9.78. The molecule has 2 heterocycles. The van der Waals surface area contributed by atoms with Gasteiger partial charge in [-0.25, -0.2) is 13.1 Å². The summed E-state index contributed by atoms with van der Waals surface area (Å²) >= 11 is 0. The number of anilines is 2. The standard InChI is InChI=1S/C22H21N3O6S/c1-13-5-7-17(32(28,29)23-12-16-4-3-9-30-16)11-18(13)22(27)24-15-6-8-20-19(10-15)25-21(26)14(2)31-20/h3-11,14,23H,12H2,1-2H3,(H,24,27)(H,25,26)/t14-/m1/s1. The maximum Gasteiger partial charge on any atom is 0.265 e. The lowest BCUT2D eigenvalue weighted by atomic mass is 10.1. The van der Waals surface area contributed by atoms with Crippen LogP contribution in [0.25, 0.3) is 0 Å². The van der Waals surface area contributed by atoms with Crippen LogP contribution in [-0.2, 0) is 21.4 Å². The zero-order valence-corrected chi connectivity index (χ0v) is 18.2. The van der Waals surface area contributed by atoms with Crippen LogP contribution in [0, 0.1) is 6.92 Å². The molecule has 1 aliphatic rings. The molecule has 1 aliphatic heterocycles. The average Bonchev–Trinajstić information content (AvgIpc) is 3.27. The van der Waals surface area contributed by atoms with Gasteiger partial charge >= 0.3 is 0 Å². The zero-order chi connectivity index (χ0) is 22.9. The van der Waals surface area contributed by atoms with Gasteiger partial charge in [0.05, 0.1) is 23.4 Å². The van der Waals surface area contributed by atoms with E-state index in [1.807, 2.05) is 0 Å². The van der Waals surface area contributed by atoms with Crippen molar-refractivity contribution in [3.63, 3.8) is 0 Å². The molecule has 1 aromatic heterocycles. The van der Waals surface area contributed by atoms with E-state index in [9.17, 15) is 18.0 Å². The fourth-order valence-electron chi connectivity index (χ4n) is 3.16. The van der Waals surface area contributed by atoms with Gasteiger partial charge in [0.15, 0.2) is 6.10 Å². The van der Waals surface area contributed by atoms with Gasteiger partial charge in [0.25, 0.3) is 11.8 Å². The Morgan fingerprint density at radius 1 is 1.16 bits per heavy atom. The van der Waals surface area contributed by atoms with Crippen molar-refractivity contribution < 1.29 is 27.2 Å². The Morgan fingerprint density at radius 2 is 1.97 bits per heavy atom. The van der Waals surface area contributed by atoms with Crippen LogP contribution in [0.15, 0.2) is 64.1 Å². The van der Waals surface area contributed by atoms with Gasteiger partial charge < -0.3 is 19.8 Å². The third kappa shape index (κ3) is 4.51. The number of benzene rings is 2. The zero-order valence-electron chi connectivity index (χ0n) is 17.3. The predicted molar refractivity (Wildman–Crippen MR) is 117 cm³/mol. The molecule has 3 N–H and O–H groups in total. The smallest absolute Gasteiger partial charge is 0.265 e. The summed E-state index contributed by atoms with van der Waals surface area (Å²) in [5, 5.41) is 5.45. The van der Waals surface area contributed by atoms with Crippen LogP contribution in [0.1, 0.15) is 28.6 Å². The summed E-state index contributed by atoms with van der Waals surface area (Å²) in [6, 6.07) is 12.5. The Bertz CT molecular complexity index is 1280. The van der Waals surface area contributed by atoms with E-state index in [1.165, 1.54) is 18.4 Å². The first-order chi connectivity index (χ1) is 15.2. The number of amides is 2. The minimum absolute atomic E-state index is 0.00767. The molecule has 0 bridgehead atoms. The predicted octanol–water partition coefficient (Wildman–Crippen LogP) is 3.04. The van der Waals surface area contributed by atoms with Crippen LogP contribution in [0.2, 0.25) is 0 Å². The van der Waals surface area contributed by atoms with E-state index in [0.717, 1.165) is 0 Å². The van der Waals surface area contributed by atoms with Gasteiger partial charge in [-0.15, -0.1) is 0 Å². The van der Waals surface area contributed by atoms with Crippen LogP contribution in [-0.4, -0.2) is 26.3 Å². The molecule has 1 atom stereocenters. The number of hydrogen-bond acceptors (Lipinski definition) is 6. The monoisotopic (exact) mass is 455 g/mol. The quantitative estimate of drug-likeness (QED) is 0.524. The number of sulfonamides is 1. The second-order valence-corrected chi connectivity index (χ2v) is 9.06. The fraction of sp³-hybridized carbons (Fsp3) is 0.182. The Balaban J connectivity index is 1.53. The molecule has 0 fully saturated rings. The summed E-state index contributed by atoms with van der Waals surface area (Å²) in [7, 11) is -3.86. The van der Waals surface area contributed by atoms with Gasteiger partial charge in [-0.1, -0.05) is 6.07 Å². The molecule has 2 aromatic carbocycles. The van der Waals surface area contributed by atoms with E-state index in [2.05, 4.69) is 15.4 Å². The maximum absolute atomic E-state index is 12.9. The highest BCUT2D eigenvalue weighted by Gasteiger charge is 2.24. The highest BCUT2D eigenvalue weighted by molar-refractivity contribution is 7.89. The SMILES string of the molecule is Cc1ccc(S(=O)(=O)NCc2ccco2)cc1C(=O)Nc1ccc2c(c1)NC(=O)[C@@H](C)O2. The summed E-state index contributed by atoms with van der Waals surface area (Å²) in [5.74, 6) is 0.206. The van der Waals surface area contributed by atoms with E-state index in [4.69, 9.17) is 9.15 Å². The van der Waals surface area contributed by atoms with Crippen molar-refractivity contribution in [1.29, 1.82) is 0 Å². The highest BCUT2D eigenvalue weighted by atomic mass is 32.2. The van der Waals surface area contributed by atoms with Crippen molar-refractivity contribution in [3.05, 3.63) is 71.7 Å². The first kappa shape index (κ1) is 21.6. The van der Waals surface area contributed by atoms with Crippen molar-refractivity contribution in [1.82, 2.24) is 4.72 Å². The number of carbonyl (C=O) groups is 2.